The summed E-state index contributed by atoms with van der Waals surface area (Å²) in [6.45, 7) is 10.5. The molecule has 4 heterocycles. The number of piperidine rings is 1. The van der Waals surface area contributed by atoms with Crippen LogP contribution in [-0.2, 0) is 4.79 Å². The van der Waals surface area contributed by atoms with E-state index in [1.54, 1.807) is 0 Å². The van der Waals surface area contributed by atoms with Crippen molar-refractivity contribution in [2.75, 3.05) is 68.7 Å². The Labute approximate surface area is 162 Å². The molecule has 0 atom stereocenters. The molecule has 0 bridgehead atoms. The Balaban J connectivity index is 1.27. The summed E-state index contributed by atoms with van der Waals surface area (Å²) in [5, 5.41) is 0. The van der Waals surface area contributed by atoms with Crippen LogP contribution in [0.5, 0.6) is 0 Å². The third-order valence-corrected chi connectivity index (χ3v) is 6.21. The van der Waals surface area contributed by atoms with Crippen LogP contribution in [-0.4, -0.2) is 84.6 Å². The van der Waals surface area contributed by atoms with Gasteiger partial charge in [-0.15, -0.1) is 0 Å². The predicted octanol–water partition coefficient (Wildman–Crippen LogP) is 1.46. The fourth-order valence-corrected chi connectivity index (χ4v) is 4.27. The van der Waals surface area contributed by atoms with Crippen molar-refractivity contribution >= 4 is 17.7 Å². The molecule has 0 aliphatic carbocycles. The first-order valence-electron chi connectivity index (χ1n) is 10.5. The van der Waals surface area contributed by atoms with E-state index in [-0.39, 0.29) is 0 Å². The molecule has 4 rings (SSSR count). The van der Waals surface area contributed by atoms with Gasteiger partial charge in [-0.2, -0.15) is 4.98 Å². The first-order valence-corrected chi connectivity index (χ1v) is 10.5. The summed E-state index contributed by atoms with van der Waals surface area (Å²) < 4.78 is 0. The Morgan fingerprint density at radius 2 is 1.70 bits per heavy atom. The van der Waals surface area contributed by atoms with Crippen molar-refractivity contribution in [2.24, 2.45) is 5.92 Å². The predicted molar refractivity (Wildman–Crippen MR) is 107 cm³/mol. The molecule has 7 nitrogen and oxygen atoms in total. The number of hydrogen-bond acceptors (Lipinski definition) is 6. The maximum atomic E-state index is 12.6. The van der Waals surface area contributed by atoms with Gasteiger partial charge in [0.15, 0.2) is 0 Å². The molecule has 0 radical (unpaired) electrons. The van der Waals surface area contributed by atoms with Gasteiger partial charge in [0.1, 0.15) is 5.82 Å². The van der Waals surface area contributed by atoms with E-state index in [2.05, 4.69) is 31.5 Å². The number of hydrogen-bond donors (Lipinski definition) is 0. The second-order valence-electron chi connectivity index (χ2n) is 8.24. The number of likely N-dealkylation sites (tertiary alicyclic amines) is 1. The zero-order valence-electron chi connectivity index (χ0n) is 16.5. The second-order valence-corrected chi connectivity index (χ2v) is 8.24. The summed E-state index contributed by atoms with van der Waals surface area (Å²) in [6, 6.07) is 2.01. The summed E-state index contributed by atoms with van der Waals surface area (Å²) >= 11 is 0. The van der Waals surface area contributed by atoms with Crippen molar-refractivity contribution in [1.29, 1.82) is 0 Å². The van der Waals surface area contributed by atoms with E-state index in [0.29, 0.717) is 12.5 Å². The van der Waals surface area contributed by atoms with E-state index >= 15 is 0 Å². The zero-order chi connectivity index (χ0) is 18.6. The van der Waals surface area contributed by atoms with Crippen LogP contribution in [0.2, 0.25) is 0 Å². The molecular formula is C20H32N6O. The van der Waals surface area contributed by atoms with Gasteiger partial charge in [0.25, 0.3) is 0 Å². The summed E-state index contributed by atoms with van der Waals surface area (Å²) in [4.78, 5) is 30.8. The Morgan fingerprint density at radius 1 is 1.00 bits per heavy atom. The number of amides is 1. The molecule has 1 amide bonds. The quantitative estimate of drug-likeness (QED) is 0.798. The topological polar surface area (TPSA) is 55.8 Å². The van der Waals surface area contributed by atoms with Crippen molar-refractivity contribution in [3.63, 3.8) is 0 Å². The highest BCUT2D eigenvalue weighted by Crippen LogP contribution is 2.20. The maximum absolute atomic E-state index is 12.6. The molecule has 3 aliphatic rings. The van der Waals surface area contributed by atoms with Gasteiger partial charge >= 0.3 is 0 Å². The molecule has 148 valence electrons. The van der Waals surface area contributed by atoms with Gasteiger partial charge in [0, 0.05) is 58.6 Å². The fraction of sp³-hybridized carbons (Fsp3) is 0.750. The Morgan fingerprint density at radius 3 is 2.41 bits per heavy atom. The molecule has 3 aliphatic heterocycles. The minimum Gasteiger partial charge on any atom is -0.354 e. The zero-order valence-corrected chi connectivity index (χ0v) is 16.5. The number of carbonyl (C=O) groups excluding carboxylic acids is 1. The van der Waals surface area contributed by atoms with Crippen molar-refractivity contribution in [3.05, 3.63) is 12.3 Å². The van der Waals surface area contributed by atoms with Crippen LogP contribution in [0.3, 0.4) is 0 Å². The summed E-state index contributed by atoms with van der Waals surface area (Å²) in [7, 11) is 0. The van der Waals surface area contributed by atoms with Gasteiger partial charge in [0.2, 0.25) is 11.9 Å². The van der Waals surface area contributed by atoms with Gasteiger partial charge in [-0.25, -0.2) is 4.98 Å². The second kappa shape index (κ2) is 8.42. The molecule has 0 aromatic carbocycles. The lowest BCUT2D eigenvalue weighted by Gasteiger charge is -2.37. The van der Waals surface area contributed by atoms with Crippen LogP contribution in [0.4, 0.5) is 11.8 Å². The van der Waals surface area contributed by atoms with Crippen LogP contribution in [0.1, 0.15) is 32.6 Å². The highest BCUT2D eigenvalue weighted by atomic mass is 16.2. The molecule has 7 heteroatoms. The van der Waals surface area contributed by atoms with Crippen LogP contribution >= 0.6 is 0 Å². The monoisotopic (exact) mass is 372 g/mol. The standard InChI is InChI=1S/C20H32N6O/c1-17-5-10-25(11-6-17)19(27)16-23-12-14-24(15-13-23)18-4-7-21-20(22-18)26-8-2-3-9-26/h4,7,17H,2-3,5-6,8-16H2,1H3. The minimum absolute atomic E-state index is 0.300. The number of nitrogens with zero attached hydrogens (tertiary/aromatic N) is 6. The molecular weight excluding hydrogens is 340 g/mol. The lowest BCUT2D eigenvalue weighted by Crippen LogP contribution is -2.51. The number of anilines is 2. The maximum Gasteiger partial charge on any atom is 0.236 e. The third kappa shape index (κ3) is 4.51. The van der Waals surface area contributed by atoms with E-state index in [0.717, 1.165) is 82.9 Å². The van der Waals surface area contributed by atoms with Crippen molar-refractivity contribution < 1.29 is 4.79 Å². The van der Waals surface area contributed by atoms with E-state index in [1.165, 1.54) is 12.8 Å². The highest BCUT2D eigenvalue weighted by Gasteiger charge is 2.25. The largest absolute Gasteiger partial charge is 0.354 e. The average molecular weight is 373 g/mol. The summed E-state index contributed by atoms with van der Waals surface area (Å²) in [5.41, 5.74) is 0. The summed E-state index contributed by atoms with van der Waals surface area (Å²) in [5.74, 6) is 2.94. The molecule has 1 aromatic heterocycles. The summed E-state index contributed by atoms with van der Waals surface area (Å²) in [6.07, 6.45) is 6.63. The number of rotatable bonds is 4. The van der Waals surface area contributed by atoms with Crippen molar-refractivity contribution in [1.82, 2.24) is 19.8 Å². The Hall–Kier alpha value is -1.89. The fourth-order valence-electron chi connectivity index (χ4n) is 4.27. The van der Waals surface area contributed by atoms with E-state index < -0.39 is 0 Å². The Kier molecular flexibility index (Phi) is 5.76. The van der Waals surface area contributed by atoms with Gasteiger partial charge in [0.05, 0.1) is 6.54 Å². The number of aromatic nitrogens is 2. The Bertz CT molecular complexity index is 631. The molecule has 0 saturated carbocycles. The van der Waals surface area contributed by atoms with Gasteiger partial charge < -0.3 is 14.7 Å². The van der Waals surface area contributed by atoms with Crippen LogP contribution in [0, 0.1) is 5.92 Å². The van der Waals surface area contributed by atoms with Gasteiger partial charge in [-0.05, 0) is 37.7 Å². The van der Waals surface area contributed by atoms with Gasteiger partial charge in [-0.3, -0.25) is 9.69 Å². The smallest absolute Gasteiger partial charge is 0.236 e. The molecule has 0 spiro atoms. The molecule has 27 heavy (non-hydrogen) atoms. The first kappa shape index (κ1) is 18.5. The molecule has 3 fully saturated rings. The third-order valence-electron chi connectivity index (χ3n) is 6.21. The van der Waals surface area contributed by atoms with Gasteiger partial charge in [-0.1, -0.05) is 6.92 Å². The van der Waals surface area contributed by atoms with Crippen LogP contribution < -0.4 is 9.80 Å². The lowest BCUT2D eigenvalue weighted by atomic mass is 9.99. The van der Waals surface area contributed by atoms with E-state index in [1.807, 2.05) is 12.3 Å². The molecule has 0 N–H and O–H groups in total. The average Bonchev–Trinajstić information content (AvgIpc) is 3.24. The van der Waals surface area contributed by atoms with E-state index in [9.17, 15) is 4.79 Å². The molecule has 3 saturated heterocycles. The highest BCUT2D eigenvalue weighted by molar-refractivity contribution is 5.78. The number of piperazine rings is 1. The van der Waals surface area contributed by atoms with Crippen LogP contribution in [0.15, 0.2) is 12.3 Å². The lowest BCUT2D eigenvalue weighted by molar-refractivity contribution is -0.133. The SMILES string of the molecule is CC1CCN(C(=O)CN2CCN(c3ccnc(N4CCCC4)n3)CC2)CC1. The van der Waals surface area contributed by atoms with Crippen molar-refractivity contribution in [3.8, 4) is 0 Å². The van der Waals surface area contributed by atoms with Crippen molar-refractivity contribution in [2.45, 2.75) is 32.6 Å². The minimum atomic E-state index is 0.300. The van der Waals surface area contributed by atoms with E-state index in [4.69, 9.17) is 4.98 Å². The van der Waals surface area contributed by atoms with Crippen LogP contribution in [0.25, 0.3) is 0 Å². The normalized spacial score (nSPS) is 22.5. The first-order chi connectivity index (χ1) is 13.2. The number of carbonyl (C=O) groups is 1. The molecule has 1 aromatic rings. The molecule has 0 unspecified atom stereocenters.